The van der Waals surface area contributed by atoms with E-state index in [9.17, 15) is 0 Å². The zero-order chi connectivity index (χ0) is 4.41. The van der Waals surface area contributed by atoms with Gasteiger partial charge in [0.05, 0.1) is 5.75 Å². The summed E-state index contributed by atoms with van der Waals surface area (Å²) in [5, 5.41) is 3.85. The molecule has 0 fully saturated rings. The Bertz CT molecular complexity index is 71.9. The second-order valence-electron chi connectivity index (χ2n) is 0.974. The molecule has 0 radical (unpaired) electrons. The molecule has 0 aliphatic carbocycles. The van der Waals surface area contributed by atoms with E-state index in [4.69, 9.17) is 0 Å². The summed E-state index contributed by atoms with van der Waals surface area (Å²) in [5.74, 6) is 0.934. The van der Waals surface area contributed by atoms with Crippen molar-refractivity contribution in [1.82, 2.24) is 0 Å². The second-order valence-corrected chi connectivity index (χ2v) is 2.32. The van der Waals surface area contributed by atoms with Crippen molar-refractivity contribution < 1.29 is 0 Å². The molecule has 34 valence electrons. The largest absolute Gasteiger partial charge is 0.167 e. The lowest BCUT2D eigenvalue weighted by Crippen LogP contribution is -1.87. The van der Waals surface area contributed by atoms with Crippen molar-refractivity contribution in [3.05, 3.63) is 0 Å². The summed E-state index contributed by atoms with van der Waals surface area (Å²) in [5.41, 5.74) is 0. The third kappa shape index (κ3) is 0.879. The lowest BCUT2D eigenvalue weighted by molar-refractivity contribution is 1.03. The van der Waals surface area contributed by atoms with E-state index >= 15 is 0 Å². The van der Waals surface area contributed by atoms with Gasteiger partial charge in [0.1, 0.15) is 5.37 Å². The molecule has 0 saturated carbocycles. The molecular weight excluding hydrogens is 116 g/mol. The van der Waals surface area contributed by atoms with E-state index in [1.54, 1.807) is 0 Å². The van der Waals surface area contributed by atoms with Crippen LogP contribution in [0.3, 0.4) is 0 Å². The van der Waals surface area contributed by atoms with E-state index in [0.717, 1.165) is 5.75 Å². The Morgan fingerprint density at radius 2 is 2.67 bits per heavy atom. The molecule has 1 unspecified atom stereocenters. The predicted octanol–water partition coefficient (Wildman–Crippen LogP) is 1.36. The van der Waals surface area contributed by atoms with Gasteiger partial charge in [-0.1, -0.05) is 0 Å². The first-order valence-corrected chi connectivity index (χ1v) is 3.05. The molecule has 0 aromatic carbocycles. The van der Waals surface area contributed by atoms with E-state index in [-0.39, 0.29) is 5.37 Å². The number of nitrogens with zero attached hydrogens (tertiary/aromatic N) is 2. The van der Waals surface area contributed by atoms with Crippen LogP contribution in [0.4, 0.5) is 0 Å². The molecule has 4 heteroatoms. The molecular formula is C2H4N2S2. The molecule has 0 aromatic rings. The van der Waals surface area contributed by atoms with Gasteiger partial charge in [-0.05, 0) is 0 Å². The van der Waals surface area contributed by atoms with Crippen LogP contribution < -0.4 is 0 Å². The first-order valence-electron chi connectivity index (χ1n) is 1.60. The Kier molecular flexibility index (Phi) is 1.37. The normalized spacial score (nSPS) is 31.8. The molecule has 0 aromatic heterocycles. The second kappa shape index (κ2) is 1.84. The fraction of sp³-hybridized carbons (Fsp3) is 1.00. The van der Waals surface area contributed by atoms with Crippen LogP contribution in [-0.2, 0) is 0 Å². The van der Waals surface area contributed by atoms with Crippen LogP contribution in [0.2, 0.25) is 0 Å². The summed E-state index contributed by atoms with van der Waals surface area (Å²) in [6.45, 7) is 0. The van der Waals surface area contributed by atoms with Gasteiger partial charge in [-0.25, -0.2) is 0 Å². The maximum absolute atomic E-state index is 4.01. The molecule has 1 atom stereocenters. The van der Waals surface area contributed by atoms with Crippen LogP contribution >= 0.6 is 24.6 Å². The zero-order valence-corrected chi connectivity index (χ0v) is 4.75. The topological polar surface area (TPSA) is 24.7 Å². The average Bonchev–Trinajstić information content (AvgIpc) is 1.86. The zero-order valence-electron chi connectivity index (χ0n) is 3.03. The van der Waals surface area contributed by atoms with Gasteiger partial charge in [-0.3, -0.25) is 0 Å². The van der Waals surface area contributed by atoms with Crippen LogP contribution in [0.25, 0.3) is 0 Å². The van der Waals surface area contributed by atoms with Crippen LogP contribution in [0.1, 0.15) is 0 Å². The highest BCUT2D eigenvalue weighted by Gasteiger charge is 2.04. The number of hydrogen-bond acceptors (Lipinski definition) is 4. The average molecular weight is 120 g/mol. The fourth-order valence-electron chi connectivity index (χ4n) is 0.221. The number of hydrogen-bond donors (Lipinski definition) is 1. The summed E-state index contributed by atoms with van der Waals surface area (Å²) < 4.78 is 3.63. The van der Waals surface area contributed by atoms with Crippen LogP contribution in [0.15, 0.2) is 9.63 Å². The highest BCUT2D eigenvalue weighted by molar-refractivity contribution is 7.99. The third-order valence-electron chi connectivity index (χ3n) is 0.462. The van der Waals surface area contributed by atoms with Gasteiger partial charge in [0, 0.05) is 11.9 Å². The van der Waals surface area contributed by atoms with Gasteiger partial charge in [0.2, 0.25) is 0 Å². The van der Waals surface area contributed by atoms with Crippen molar-refractivity contribution in [2.24, 2.45) is 9.63 Å². The Morgan fingerprint density at radius 3 is 2.83 bits per heavy atom. The van der Waals surface area contributed by atoms with E-state index in [1.165, 1.54) is 11.9 Å². The molecule has 0 bridgehead atoms. The van der Waals surface area contributed by atoms with E-state index < -0.39 is 0 Å². The SMILES string of the molecule is SC1CSN=N1. The first kappa shape index (κ1) is 4.46. The minimum absolute atomic E-state index is 0.162. The van der Waals surface area contributed by atoms with Crippen LogP contribution in [0.5, 0.6) is 0 Å². The van der Waals surface area contributed by atoms with Crippen molar-refractivity contribution in [1.29, 1.82) is 0 Å². The Labute approximate surface area is 46.0 Å². The van der Waals surface area contributed by atoms with E-state index in [2.05, 4.69) is 22.3 Å². The predicted molar refractivity (Wildman–Crippen MR) is 30.1 cm³/mol. The van der Waals surface area contributed by atoms with Gasteiger partial charge in [-0.2, -0.15) is 5.11 Å². The molecule has 1 aliphatic heterocycles. The maximum Gasteiger partial charge on any atom is 0.125 e. The van der Waals surface area contributed by atoms with E-state index in [0.29, 0.717) is 0 Å². The summed E-state index contributed by atoms with van der Waals surface area (Å²) in [7, 11) is 0. The molecule has 0 amide bonds. The monoisotopic (exact) mass is 120 g/mol. The van der Waals surface area contributed by atoms with Gasteiger partial charge in [-0.15, -0.1) is 17.1 Å². The van der Waals surface area contributed by atoms with Crippen molar-refractivity contribution in [3.63, 3.8) is 0 Å². The molecule has 1 aliphatic rings. The smallest absolute Gasteiger partial charge is 0.125 e. The molecule has 0 saturated heterocycles. The lowest BCUT2D eigenvalue weighted by atomic mass is 10.8. The standard InChI is InChI=1S/C2H4N2S2/c5-2-1-6-4-3-2/h2,5H,1H2. The summed E-state index contributed by atoms with van der Waals surface area (Å²) in [6, 6.07) is 0. The first-order chi connectivity index (χ1) is 2.89. The quantitative estimate of drug-likeness (QED) is 0.379. The van der Waals surface area contributed by atoms with Crippen LogP contribution in [-0.4, -0.2) is 11.1 Å². The lowest BCUT2D eigenvalue weighted by Gasteiger charge is -1.83. The maximum atomic E-state index is 4.01. The Hall–Kier alpha value is 0.300. The van der Waals surface area contributed by atoms with Gasteiger partial charge in [0.25, 0.3) is 0 Å². The van der Waals surface area contributed by atoms with Crippen molar-refractivity contribution >= 4 is 24.6 Å². The van der Waals surface area contributed by atoms with Crippen molar-refractivity contribution in [2.75, 3.05) is 5.75 Å². The van der Waals surface area contributed by atoms with E-state index in [1.807, 2.05) is 0 Å². The van der Waals surface area contributed by atoms with Gasteiger partial charge >= 0.3 is 0 Å². The minimum atomic E-state index is 0.162. The number of thiol groups is 1. The molecule has 6 heavy (non-hydrogen) atoms. The van der Waals surface area contributed by atoms with Crippen molar-refractivity contribution in [2.45, 2.75) is 5.37 Å². The summed E-state index contributed by atoms with van der Waals surface area (Å²) in [4.78, 5) is 0. The summed E-state index contributed by atoms with van der Waals surface area (Å²) in [6.07, 6.45) is 0. The molecule has 0 N–H and O–H groups in total. The number of rotatable bonds is 0. The Balaban J connectivity index is 2.38. The van der Waals surface area contributed by atoms with Gasteiger partial charge in [0.15, 0.2) is 0 Å². The minimum Gasteiger partial charge on any atom is -0.167 e. The highest BCUT2D eigenvalue weighted by Crippen LogP contribution is 2.18. The fourth-order valence-corrected chi connectivity index (χ4v) is 0.990. The Morgan fingerprint density at radius 1 is 1.83 bits per heavy atom. The molecule has 2 nitrogen and oxygen atoms in total. The molecule has 1 rings (SSSR count). The molecule has 0 spiro atoms. The van der Waals surface area contributed by atoms with Crippen molar-refractivity contribution in [3.8, 4) is 0 Å². The highest BCUT2D eigenvalue weighted by atomic mass is 32.2. The third-order valence-corrected chi connectivity index (χ3v) is 1.67. The molecule has 1 heterocycles. The van der Waals surface area contributed by atoms with Gasteiger partial charge < -0.3 is 0 Å². The van der Waals surface area contributed by atoms with Crippen LogP contribution in [0, 0.1) is 0 Å². The summed E-state index contributed by atoms with van der Waals surface area (Å²) >= 11 is 5.48.